The normalized spacial score (nSPS) is 12.7. The fraction of sp³-hybridized carbons (Fsp3) is 0.235. The van der Waals surface area contributed by atoms with Crippen molar-refractivity contribution in [3.05, 3.63) is 65.4 Å². The highest BCUT2D eigenvalue weighted by Crippen LogP contribution is 2.10. The molecule has 116 valence electrons. The molecule has 1 atom stereocenters. The first-order chi connectivity index (χ1) is 10.7. The maximum absolute atomic E-state index is 11.8. The Labute approximate surface area is 129 Å². The van der Waals surface area contributed by atoms with Crippen LogP contribution in [-0.4, -0.2) is 42.4 Å². The second-order valence-corrected chi connectivity index (χ2v) is 4.78. The molecule has 5 nitrogen and oxygen atoms in total. The van der Waals surface area contributed by atoms with Gasteiger partial charge in [0.15, 0.2) is 12.8 Å². The number of para-hydroxylation sites is 1. The number of methoxy groups -OCH3 is 1. The van der Waals surface area contributed by atoms with Gasteiger partial charge in [0.25, 0.3) is 0 Å². The Balaban J connectivity index is 1.84. The summed E-state index contributed by atoms with van der Waals surface area (Å²) in [5.41, 5.74) is 0.743. The largest absolute Gasteiger partial charge is 0.624 e. The van der Waals surface area contributed by atoms with Crippen molar-refractivity contribution in [1.29, 1.82) is 0 Å². The van der Waals surface area contributed by atoms with Crippen molar-refractivity contribution in [3.63, 3.8) is 0 Å². The molecule has 0 saturated heterocycles. The van der Waals surface area contributed by atoms with E-state index in [2.05, 4.69) is 0 Å². The molecule has 1 unspecified atom stereocenters. The fourth-order valence-corrected chi connectivity index (χ4v) is 1.88. The molecule has 0 aliphatic carbocycles. The van der Waals surface area contributed by atoms with Crippen LogP contribution in [0.4, 0.5) is 0 Å². The van der Waals surface area contributed by atoms with Gasteiger partial charge in [0.1, 0.15) is 24.2 Å². The van der Waals surface area contributed by atoms with Crippen molar-refractivity contribution < 1.29 is 19.3 Å². The zero-order valence-electron chi connectivity index (χ0n) is 12.4. The van der Waals surface area contributed by atoms with Gasteiger partial charge in [-0.2, -0.15) is 0 Å². The highest BCUT2D eigenvalue weighted by molar-refractivity contribution is 5.75. The van der Waals surface area contributed by atoms with Crippen molar-refractivity contribution in [1.82, 2.24) is 0 Å². The minimum Gasteiger partial charge on any atom is -0.624 e. The van der Waals surface area contributed by atoms with Crippen LogP contribution in [-0.2, 0) is 0 Å². The zero-order chi connectivity index (χ0) is 15.8. The van der Waals surface area contributed by atoms with Crippen LogP contribution in [0.2, 0.25) is 0 Å². The summed E-state index contributed by atoms with van der Waals surface area (Å²) in [4.78, 5) is 0. The number of hydroxylamine groups is 1. The van der Waals surface area contributed by atoms with Crippen molar-refractivity contribution in [3.8, 4) is 11.5 Å². The van der Waals surface area contributed by atoms with Gasteiger partial charge >= 0.3 is 0 Å². The Bertz CT molecular complexity index is 596. The summed E-state index contributed by atoms with van der Waals surface area (Å²) in [7, 11) is 1.59. The monoisotopic (exact) mass is 301 g/mol. The lowest BCUT2D eigenvalue weighted by Gasteiger charge is -2.12. The molecule has 0 bridgehead atoms. The first-order valence-corrected chi connectivity index (χ1v) is 6.96. The Hall–Kier alpha value is -2.53. The summed E-state index contributed by atoms with van der Waals surface area (Å²) in [6.07, 6.45) is 0.553. The maximum atomic E-state index is 11.8. The molecular formula is C17H19NO4. The highest BCUT2D eigenvalue weighted by Gasteiger charge is 2.10. The highest BCUT2D eigenvalue weighted by atomic mass is 16.5. The Kier molecular flexibility index (Phi) is 5.80. The third kappa shape index (κ3) is 5.10. The fourth-order valence-electron chi connectivity index (χ4n) is 1.88. The molecule has 2 rings (SSSR count). The van der Waals surface area contributed by atoms with E-state index in [1.165, 1.54) is 6.21 Å². The number of rotatable bonds is 7. The van der Waals surface area contributed by atoms with Gasteiger partial charge in [-0.25, -0.2) is 4.74 Å². The zero-order valence-corrected chi connectivity index (χ0v) is 12.4. The maximum Gasteiger partial charge on any atom is 0.182 e. The number of hydrogen-bond donors (Lipinski definition) is 1. The molecule has 2 aromatic carbocycles. The van der Waals surface area contributed by atoms with E-state index >= 15 is 0 Å². The van der Waals surface area contributed by atoms with E-state index in [1.54, 1.807) is 43.5 Å². The number of hydrogen-bond acceptors (Lipinski definition) is 4. The third-order valence-electron chi connectivity index (χ3n) is 2.99. The van der Waals surface area contributed by atoms with E-state index in [1.807, 2.05) is 18.2 Å². The van der Waals surface area contributed by atoms with Gasteiger partial charge in [-0.1, -0.05) is 18.2 Å². The first kappa shape index (κ1) is 15.9. The lowest BCUT2D eigenvalue weighted by Crippen LogP contribution is -2.27. The molecule has 1 N–H and O–H groups in total. The average Bonchev–Trinajstić information content (AvgIpc) is 2.54. The molecule has 0 aromatic heterocycles. The molecule has 5 heteroatoms. The van der Waals surface area contributed by atoms with Crippen molar-refractivity contribution >= 4 is 6.21 Å². The molecule has 0 heterocycles. The van der Waals surface area contributed by atoms with Gasteiger partial charge in [-0.15, -0.1) is 0 Å². The summed E-state index contributed by atoms with van der Waals surface area (Å²) in [5.74, 6) is 1.39. The quantitative estimate of drug-likeness (QED) is 0.368. The van der Waals surface area contributed by atoms with Gasteiger partial charge in [-0.05, 0) is 36.4 Å². The van der Waals surface area contributed by atoms with Crippen molar-refractivity contribution in [2.75, 3.05) is 20.3 Å². The molecule has 0 radical (unpaired) electrons. The summed E-state index contributed by atoms with van der Waals surface area (Å²) in [6.45, 7) is 0.0120. The topological polar surface area (TPSA) is 64.8 Å². The smallest absolute Gasteiger partial charge is 0.182 e. The van der Waals surface area contributed by atoms with Crippen molar-refractivity contribution in [2.24, 2.45) is 0 Å². The second-order valence-electron chi connectivity index (χ2n) is 4.78. The minimum absolute atomic E-state index is 0.0567. The van der Waals surface area contributed by atoms with Gasteiger partial charge in [-0.3, -0.25) is 0 Å². The van der Waals surface area contributed by atoms with Crippen molar-refractivity contribution in [2.45, 2.75) is 6.10 Å². The van der Waals surface area contributed by atoms with Crippen LogP contribution in [0, 0.1) is 5.21 Å². The van der Waals surface area contributed by atoms with Gasteiger partial charge in [0, 0.05) is 5.56 Å². The number of aliphatic hydroxyl groups excluding tert-OH is 1. The number of nitrogens with zero attached hydrogens (tertiary/aromatic N) is 1. The summed E-state index contributed by atoms with van der Waals surface area (Å²) in [6, 6.07) is 16.3. The summed E-state index contributed by atoms with van der Waals surface area (Å²) in [5, 5.41) is 21.6. The number of benzene rings is 2. The molecule has 0 aliphatic heterocycles. The first-order valence-electron chi connectivity index (χ1n) is 6.96. The molecule has 22 heavy (non-hydrogen) atoms. The van der Waals surface area contributed by atoms with Crippen LogP contribution in [0.3, 0.4) is 0 Å². The minimum atomic E-state index is -0.868. The van der Waals surface area contributed by atoms with Gasteiger partial charge in [0.05, 0.1) is 7.11 Å². The molecule has 0 spiro atoms. The Morgan fingerprint density at radius 2 is 1.77 bits per heavy atom. The molecule has 0 aliphatic rings. The molecule has 0 saturated carbocycles. The van der Waals surface area contributed by atoms with Crippen LogP contribution >= 0.6 is 0 Å². The Morgan fingerprint density at radius 1 is 1.09 bits per heavy atom. The lowest BCUT2D eigenvalue weighted by atomic mass is 10.2. The van der Waals surface area contributed by atoms with Crippen LogP contribution in [0.15, 0.2) is 54.6 Å². The molecule has 2 aromatic rings. The summed E-state index contributed by atoms with van der Waals surface area (Å²) < 4.78 is 11.1. The predicted octanol–water partition coefficient (Wildman–Crippen LogP) is 2.06. The predicted molar refractivity (Wildman–Crippen MR) is 84.6 cm³/mol. The van der Waals surface area contributed by atoms with Crippen LogP contribution < -0.4 is 9.47 Å². The molecule has 0 amide bonds. The standard InChI is InChI=1S/C17H19NO4/c1-21-16-9-7-14(8-10-16)11-18(20)12-15(19)13-22-17-5-3-2-4-6-17/h2-11,15,19H,12-13H2,1H3/b18-11-. The van der Waals surface area contributed by atoms with E-state index in [-0.39, 0.29) is 13.2 Å². The van der Waals surface area contributed by atoms with E-state index in [0.717, 1.165) is 11.3 Å². The van der Waals surface area contributed by atoms with E-state index in [0.29, 0.717) is 10.5 Å². The molecule has 0 fully saturated rings. The lowest BCUT2D eigenvalue weighted by molar-refractivity contribution is -0.464. The van der Waals surface area contributed by atoms with E-state index in [4.69, 9.17) is 9.47 Å². The third-order valence-corrected chi connectivity index (χ3v) is 2.99. The summed E-state index contributed by atoms with van der Waals surface area (Å²) >= 11 is 0. The van der Waals surface area contributed by atoms with Crippen LogP contribution in [0.5, 0.6) is 11.5 Å². The second kappa shape index (κ2) is 8.05. The average molecular weight is 301 g/mol. The van der Waals surface area contributed by atoms with Crippen LogP contribution in [0.1, 0.15) is 5.56 Å². The Morgan fingerprint density at radius 3 is 2.41 bits per heavy atom. The van der Waals surface area contributed by atoms with Gasteiger partial charge in [0.2, 0.25) is 0 Å². The molecular weight excluding hydrogens is 282 g/mol. The van der Waals surface area contributed by atoms with E-state index in [9.17, 15) is 10.3 Å². The number of aliphatic hydroxyl groups is 1. The van der Waals surface area contributed by atoms with E-state index < -0.39 is 6.10 Å². The SMILES string of the molecule is COc1ccc(/C=[N+](\[O-])CC(O)COc2ccccc2)cc1. The van der Waals surface area contributed by atoms with Crippen LogP contribution in [0.25, 0.3) is 0 Å². The van der Waals surface area contributed by atoms with Gasteiger partial charge < -0.3 is 19.8 Å². The number of ether oxygens (including phenoxy) is 2.